The first kappa shape index (κ1) is 16.8. The first-order chi connectivity index (χ1) is 13.6. The van der Waals surface area contributed by atoms with Gasteiger partial charge in [-0.3, -0.25) is 4.90 Å². The van der Waals surface area contributed by atoms with Gasteiger partial charge in [-0.2, -0.15) is 0 Å². The van der Waals surface area contributed by atoms with Crippen LogP contribution in [0, 0.1) is 5.82 Å². The molecular formula is C17H17FN6O4. The van der Waals surface area contributed by atoms with Crippen molar-refractivity contribution in [2.75, 3.05) is 29.4 Å². The Hall–Kier alpha value is -3.37. The minimum Gasteiger partial charge on any atom is -0.442 e. The molecule has 28 heavy (non-hydrogen) atoms. The number of carbonyl (C=O) groups excluding carboxylic acids is 2. The molecule has 3 aliphatic rings. The van der Waals surface area contributed by atoms with E-state index in [9.17, 15) is 14.0 Å². The minimum atomic E-state index is -0.524. The summed E-state index contributed by atoms with van der Waals surface area (Å²) in [6.07, 6.45) is 1.60. The van der Waals surface area contributed by atoms with Crippen LogP contribution in [0.5, 0.6) is 0 Å². The zero-order valence-electron chi connectivity index (χ0n) is 14.7. The number of hydrogen-bond donors (Lipinski definition) is 1. The van der Waals surface area contributed by atoms with Gasteiger partial charge in [0.2, 0.25) is 0 Å². The number of hydrogen-bond acceptors (Lipinski definition) is 7. The average molecular weight is 388 g/mol. The molecular weight excluding hydrogens is 371 g/mol. The fraction of sp³-hybridized carbons (Fsp3) is 0.412. The van der Waals surface area contributed by atoms with Gasteiger partial charge < -0.3 is 19.7 Å². The fourth-order valence-electron chi connectivity index (χ4n) is 3.84. The molecule has 0 spiro atoms. The maximum Gasteiger partial charge on any atom is 0.414 e. The Balaban J connectivity index is 1.29. The molecule has 3 atom stereocenters. The summed E-state index contributed by atoms with van der Waals surface area (Å²) in [5.74, 6) is -0.448. The van der Waals surface area contributed by atoms with Crippen LogP contribution in [0.4, 0.5) is 25.4 Å². The number of carbonyl (C=O) groups is 2. The minimum absolute atomic E-state index is 0.141. The largest absolute Gasteiger partial charge is 0.442 e. The molecule has 2 amide bonds. The van der Waals surface area contributed by atoms with E-state index in [-0.39, 0.29) is 12.1 Å². The number of halogens is 1. The zero-order valence-corrected chi connectivity index (χ0v) is 14.7. The van der Waals surface area contributed by atoms with E-state index < -0.39 is 24.1 Å². The molecule has 1 aromatic carbocycles. The average Bonchev–Trinajstić information content (AvgIpc) is 3.40. The smallest absolute Gasteiger partial charge is 0.414 e. The third-order valence-electron chi connectivity index (χ3n) is 5.15. The molecule has 3 aliphatic heterocycles. The molecule has 1 unspecified atom stereocenters. The van der Waals surface area contributed by atoms with Crippen molar-refractivity contribution in [2.24, 2.45) is 0 Å². The van der Waals surface area contributed by atoms with Gasteiger partial charge in [-0.25, -0.2) is 18.7 Å². The van der Waals surface area contributed by atoms with Crippen molar-refractivity contribution in [3.05, 3.63) is 36.4 Å². The number of anilines is 2. The maximum atomic E-state index is 14.8. The van der Waals surface area contributed by atoms with Gasteiger partial charge in [0.05, 0.1) is 43.2 Å². The molecule has 0 bridgehead atoms. The summed E-state index contributed by atoms with van der Waals surface area (Å²) in [6, 6.07) is 4.50. The lowest BCUT2D eigenvalue weighted by Crippen LogP contribution is -2.32. The number of nitrogens with zero attached hydrogens (tertiary/aromatic N) is 5. The van der Waals surface area contributed by atoms with Crippen LogP contribution in [0.1, 0.15) is 0 Å². The van der Waals surface area contributed by atoms with Gasteiger partial charge in [-0.15, -0.1) is 5.10 Å². The lowest BCUT2D eigenvalue weighted by atomic mass is 10.2. The number of nitrogens with one attached hydrogen (secondary N) is 1. The molecule has 0 aliphatic carbocycles. The first-order valence-electron chi connectivity index (χ1n) is 8.91. The van der Waals surface area contributed by atoms with Crippen molar-refractivity contribution in [1.82, 2.24) is 20.3 Å². The van der Waals surface area contributed by atoms with Crippen molar-refractivity contribution >= 4 is 23.6 Å². The Kier molecular flexibility index (Phi) is 3.81. The Bertz CT molecular complexity index is 906. The summed E-state index contributed by atoms with van der Waals surface area (Å²) in [7, 11) is 0. The number of alkyl carbamates (subject to hydrolysis) is 1. The summed E-state index contributed by atoms with van der Waals surface area (Å²) in [4.78, 5) is 26.7. The molecule has 146 valence electrons. The summed E-state index contributed by atoms with van der Waals surface area (Å²) in [5, 5.41) is 10.3. The van der Waals surface area contributed by atoms with Crippen LogP contribution in [-0.2, 0) is 16.0 Å². The van der Waals surface area contributed by atoms with Crippen LogP contribution in [-0.4, -0.2) is 65.1 Å². The number of cyclic esters (lactones) is 1. The molecule has 1 N–H and O–H groups in total. The third-order valence-corrected chi connectivity index (χ3v) is 5.15. The number of amides is 2. The normalized spacial score (nSPS) is 26.2. The number of ether oxygens (including phenoxy) is 2. The van der Waals surface area contributed by atoms with E-state index in [1.165, 1.54) is 11.0 Å². The summed E-state index contributed by atoms with van der Waals surface area (Å²) in [5.41, 5.74) is 0.832. The highest BCUT2D eigenvalue weighted by Gasteiger charge is 2.42. The van der Waals surface area contributed by atoms with Gasteiger partial charge in [0, 0.05) is 12.7 Å². The van der Waals surface area contributed by atoms with E-state index in [2.05, 4.69) is 15.6 Å². The number of fused-ring (bicyclic) bond motifs is 1. The quantitative estimate of drug-likeness (QED) is 0.824. The predicted octanol–water partition coefficient (Wildman–Crippen LogP) is 0.740. The second kappa shape index (κ2) is 6.36. The standard InChI is InChI=1S/C17H17FN6O4/c18-12-5-10(24-7-11(27-17(24)26)6-23-4-3-19-21-23)1-2-14(12)22-8-13-15(9-22)28-16(25)20-13/h1-5,11,13,15H,6-9H2,(H,20,25)/t11?,13-,15+/m1/s1. The van der Waals surface area contributed by atoms with Crippen molar-refractivity contribution in [3.63, 3.8) is 0 Å². The summed E-state index contributed by atoms with van der Waals surface area (Å²) < 4.78 is 26.8. The van der Waals surface area contributed by atoms with Crippen molar-refractivity contribution in [3.8, 4) is 0 Å². The van der Waals surface area contributed by atoms with Crippen LogP contribution in [0.2, 0.25) is 0 Å². The Labute approximate surface area is 158 Å². The lowest BCUT2D eigenvalue weighted by molar-refractivity contribution is 0.129. The fourth-order valence-corrected chi connectivity index (χ4v) is 3.84. The predicted molar refractivity (Wildman–Crippen MR) is 93.4 cm³/mol. The van der Waals surface area contributed by atoms with Crippen molar-refractivity contribution in [2.45, 2.75) is 24.8 Å². The molecule has 0 radical (unpaired) electrons. The highest BCUT2D eigenvalue weighted by atomic mass is 19.1. The molecule has 10 nitrogen and oxygen atoms in total. The summed E-state index contributed by atoms with van der Waals surface area (Å²) in [6.45, 7) is 1.57. The van der Waals surface area contributed by atoms with Gasteiger partial charge >= 0.3 is 12.2 Å². The SMILES string of the molecule is O=C1N[C@@H]2CN(c3ccc(N4CC(Cn5ccnn5)OC4=O)cc3F)C[C@@H]2O1. The van der Waals surface area contributed by atoms with E-state index in [1.54, 1.807) is 29.2 Å². The number of benzene rings is 1. The van der Waals surface area contributed by atoms with E-state index in [4.69, 9.17) is 9.47 Å². The third kappa shape index (κ3) is 2.88. The molecule has 0 saturated carbocycles. The van der Waals surface area contributed by atoms with E-state index >= 15 is 0 Å². The molecule has 1 aromatic heterocycles. The highest BCUT2D eigenvalue weighted by Crippen LogP contribution is 2.31. The summed E-state index contributed by atoms with van der Waals surface area (Å²) >= 11 is 0. The van der Waals surface area contributed by atoms with E-state index in [1.807, 2.05) is 4.90 Å². The highest BCUT2D eigenvalue weighted by molar-refractivity contribution is 5.90. The maximum absolute atomic E-state index is 14.8. The van der Waals surface area contributed by atoms with Crippen LogP contribution < -0.4 is 15.1 Å². The molecule has 4 heterocycles. The topological polar surface area (TPSA) is 102 Å². The molecule has 2 aromatic rings. The number of rotatable bonds is 4. The van der Waals surface area contributed by atoms with Crippen LogP contribution in [0.3, 0.4) is 0 Å². The van der Waals surface area contributed by atoms with Gasteiger partial charge in [-0.1, -0.05) is 5.21 Å². The van der Waals surface area contributed by atoms with E-state index in [0.29, 0.717) is 37.6 Å². The van der Waals surface area contributed by atoms with E-state index in [0.717, 1.165) is 0 Å². The second-order valence-electron chi connectivity index (χ2n) is 6.98. The van der Waals surface area contributed by atoms with Gasteiger partial charge in [0.25, 0.3) is 0 Å². The second-order valence-corrected chi connectivity index (χ2v) is 6.98. The zero-order chi connectivity index (χ0) is 19.3. The van der Waals surface area contributed by atoms with Gasteiger partial charge in [0.15, 0.2) is 0 Å². The van der Waals surface area contributed by atoms with Crippen molar-refractivity contribution < 1.29 is 23.5 Å². The van der Waals surface area contributed by atoms with Gasteiger partial charge in [-0.05, 0) is 18.2 Å². The van der Waals surface area contributed by atoms with Gasteiger partial charge in [0.1, 0.15) is 18.0 Å². The monoisotopic (exact) mass is 388 g/mol. The van der Waals surface area contributed by atoms with Crippen molar-refractivity contribution in [1.29, 1.82) is 0 Å². The molecule has 3 fully saturated rings. The van der Waals surface area contributed by atoms with Crippen LogP contribution in [0.15, 0.2) is 30.6 Å². The first-order valence-corrected chi connectivity index (χ1v) is 8.91. The molecule has 11 heteroatoms. The number of aromatic nitrogens is 3. The Morgan fingerprint density at radius 3 is 2.86 bits per heavy atom. The Morgan fingerprint density at radius 1 is 1.21 bits per heavy atom. The molecule has 3 saturated heterocycles. The lowest BCUT2D eigenvalue weighted by Gasteiger charge is -2.21. The molecule has 5 rings (SSSR count). The van der Waals surface area contributed by atoms with Crippen LogP contribution >= 0.6 is 0 Å². The van der Waals surface area contributed by atoms with Crippen LogP contribution in [0.25, 0.3) is 0 Å². The Morgan fingerprint density at radius 2 is 2.11 bits per heavy atom.